The fraction of sp³-hybridized carbons (Fsp3) is 0.500. The van der Waals surface area contributed by atoms with E-state index in [9.17, 15) is 10.4 Å². The maximum Gasteiger partial charge on any atom is 0.135 e. The summed E-state index contributed by atoms with van der Waals surface area (Å²) < 4.78 is 5.78. The quantitative estimate of drug-likeness (QED) is 0.867. The monoisotopic (exact) mass is 283 g/mol. The lowest BCUT2D eigenvalue weighted by atomic mass is 9.72. The third-order valence-corrected chi connectivity index (χ3v) is 4.71. The summed E-state index contributed by atoms with van der Waals surface area (Å²) in [7, 11) is 0. The van der Waals surface area contributed by atoms with Crippen molar-refractivity contribution >= 4 is 11.0 Å². The fourth-order valence-corrected chi connectivity index (χ4v) is 3.39. The maximum atomic E-state index is 10.8. The van der Waals surface area contributed by atoms with E-state index in [2.05, 4.69) is 6.07 Å². The minimum absolute atomic E-state index is 0.526. The van der Waals surface area contributed by atoms with Crippen molar-refractivity contribution in [2.45, 2.75) is 51.0 Å². The molecule has 1 aromatic heterocycles. The Morgan fingerprint density at radius 2 is 1.76 bits per heavy atom. The van der Waals surface area contributed by atoms with E-state index in [-0.39, 0.29) is 0 Å². The Morgan fingerprint density at radius 3 is 2.43 bits per heavy atom. The molecule has 3 rings (SSSR count). The van der Waals surface area contributed by atoms with Crippen molar-refractivity contribution in [3.05, 3.63) is 36.1 Å². The highest BCUT2D eigenvalue weighted by Crippen LogP contribution is 2.45. The lowest BCUT2D eigenvalue weighted by Gasteiger charge is -2.32. The average molecular weight is 283 g/mol. The van der Waals surface area contributed by atoms with E-state index >= 15 is 0 Å². The molecule has 0 radical (unpaired) electrons. The van der Waals surface area contributed by atoms with Crippen LogP contribution in [0.1, 0.15) is 56.8 Å². The summed E-state index contributed by atoms with van der Waals surface area (Å²) in [6.45, 7) is 0. The number of para-hydroxylation sites is 1. The second-order valence-corrected chi connectivity index (χ2v) is 6.12. The normalized spacial score (nSPS) is 20.4. The van der Waals surface area contributed by atoms with Crippen LogP contribution in [0, 0.1) is 16.7 Å². The Kier molecular flexibility index (Phi) is 3.98. The predicted octanol–water partition coefficient (Wildman–Crippen LogP) is 4.72. The molecule has 110 valence electrons. The second-order valence-electron chi connectivity index (χ2n) is 6.12. The highest BCUT2D eigenvalue weighted by atomic mass is 16.4. The van der Waals surface area contributed by atoms with Gasteiger partial charge >= 0.3 is 0 Å². The maximum absolute atomic E-state index is 10.8. The first-order valence-electron chi connectivity index (χ1n) is 7.83. The molecule has 1 fully saturated rings. The topological polar surface area (TPSA) is 57.2 Å². The smallest absolute Gasteiger partial charge is 0.135 e. The molecule has 1 N–H and O–H groups in total. The van der Waals surface area contributed by atoms with Gasteiger partial charge in [-0.15, -0.1) is 0 Å². The molecule has 1 heterocycles. The number of furan rings is 1. The summed E-state index contributed by atoms with van der Waals surface area (Å²) in [6, 6.07) is 12.0. The minimum atomic E-state index is -0.840. The number of hydrogen-bond donors (Lipinski definition) is 1. The van der Waals surface area contributed by atoms with E-state index in [1.54, 1.807) is 0 Å². The second kappa shape index (κ2) is 5.91. The van der Waals surface area contributed by atoms with Crippen molar-refractivity contribution in [1.82, 2.24) is 0 Å². The Morgan fingerprint density at radius 1 is 1.10 bits per heavy atom. The molecule has 1 atom stereocenters. The summed E-state index contributed by atoms with van der Waals surface area (Å²) in [4.78, 5) is 0. The van der Waals surface area contributed by atoms with Crippen molar-refractivity contribution in [2.75, 3.05) is 0 Å². The third kappa shape index (κ3) is 2.69. The van der Waals surface area contributed by atoms with Crippen LogP contribution < -0.4 is 0 Å². The first-order valence-corrected chi connectivity index (χ1v) is 7.83. The first kappa shape index (κ1) is 14.2. The van der Waals surface area contributed by atoms with Crippen LogP contribution in [-0.4, -0.2) is 5.11 Å². The zero-order valence-electron chi connectivity index (χ0n) is 12.2. The van der Waals surface area contributed by atoms with Gasteiger partial charge in [0.2, 0.25) is 0 Å². The van der Waals surface area contributed by atoms with Gasteiger partial charge < -0.3 is 9.52 Å². The third-order valence-electron chi connectivity index (χ3n) is 4.71. The SMILES string of the molecule is N#CC1(C(O)c2cc3ccccc3o2)CCCCCCC1. The Bertz CT molecular complexity index is 612. The van der Waals surface area contributed by atoms with Gasteiger partial charge in [-0.3, -0.25) is 0 Å². The van der Waals surface area contributed by atoms with E-state index in [1.165, 1.54) is 6.42 Å². The molecule has 0 spiro atoms. The molecule has 1 unspecified atom stereocenters. The number of nitrogens with zero attached hydrogens (tertiary/aromatic N) is 1. The van der Waals surface area contributed by atoms with Gasteiger partial charge in [-0.25, -0.2) is 0 Å². The van der Waals surface area contributed by atoms with Gasteiger partial charge in [0.15, 0.2) is 0 Å². The zero-order chi connectivity index (χ0) is 14.7. The highest BCUT2D eigenvalue weighted by molar-refractivity contribution is 5.77. The number of benzene rings is 1. The lowest BCUT2D eigenvalue weighted by molar-refractivity contribution is 0.0277. The molecule has 1 aromatic carbocycles. The largest absolute Gasteiger partial charge is 0.458 e. The summed E-state index contributed by atoms with van der Waals surface area (Å²) in [5, 5.41) is 21.5. The van der Waals surface area contributed by atoms with Crippen molar-refractivity contribution in [3.63, 3.8) is 0 Å². The lowest BCUT2D eigenvalue weighted by Crippen LogP contribution is -2.28. The molecule has 0 aliphatic heterocycles. The van der Waals surface area contributed by atoms with Crippen LogP contribution in [0.4, 0.5) is 0 Å². The van der Waals surface area contributed by atoms with E-state index in [1.807, 2.05) is 30.3 Å². The molecule has 0 saturated heterocycles. The molecule has 21 heavy (non-hydrogen) atoms. The highest BCUT2D eigenvalue weighted by Gasteiger charge is 2.40. The van der Waals surface area contributed by atoms with E-state index in [4.69, 9.17) is 4.42 Å². The van der Waals surface area contributed by atoms with Crippen LogP contribution in [0.5, 0.6) is 0 Å². The molecule has 1 aliphatic carbocycles. The number of fused-ring (bicyclic) bond motifs is 1. The van der Waals surface area contributed by atoms with Crippen LogP contribution in [0.25, 0.3) is 11.0 Å². The zero-order valence-corrected chi connectivity index (χ0v) is 12.2. The average Bonchev–Trinajstić information content (AvgIpc) is 2.91. The van der Waals surface area contributed by atoms with Crippen LogP contribution in [-0.2, 0) is 0 Å². The van der Waals surface area contributed by atoms with Gasteiger partial charge in [-0.05, 0) is 25.0 Å². The molecular weight excluding hydrogens is 262 g/mol. The van der Waals surface area contributed by atoms with Crippen LogP contribution in [0.15, 0.2) is 34.7 Å². The minimum Gasteiger partial charge on any atom is -0.458 e. The van der Waals surface area contributed by atoms with Crippen molar-refractivity contribution in [1.29, 1.82) is 5.26 Å². The standard InChI is InChI=1S/C18H21NO2/c19-13-18(10-6-2-1-3-7-11-18)17(20)16-12-14-8-4-5-9-15(14)21-16/h4-5,8-9,12,17,20H,1-3,6-7,10-11H2. The summed E-state index contributed by atoms with van der Waals surface area (Å²) in [5.74, 6) is 0.526. The van der Waals surface area contributed by atoms with Gasteiger partial charge in [0.1, 0.15) is 17.4 Å². The van der Waals surface area contributed by atoms with E-state index in [0.29, 0.717) is 5.76 Å². The molecule has 2 aromatic rings. The number of rotatable bonds is 2. The summed E-state index contributed by atoms with van der Waals surface area (Å²) in [6.07, 6.45) is 6.21. The molecule has 1 aliphatic rings. The molecule has 3 nitrogen and oxygen atoms in total. The van der Waals surface area contributed by atoms with Crippen molar-refractivity contribution in [2.24, 2.45) is 5.41 Å². The Hall–Kier alpha value is -1.79. The van der Waals surface area contributed by atoms with Crippen LogP contribution >= 0.6 is 0 Å². The Balaban J connectivity index is 1.93. The van der Waals surface area contributed by atoms with E-state index in [0.717, 1.165) is 49.5 Å². The van der Waals surface area contributed by atoms with Crippen molar-refractivity contribution < 1.29 is 9.52 Å². The fourth-order valence-electron chi connectivity index (χ4n) is 3.39. The molecular formula is C18H21NO2. The van der Waals surface area contributed by atoms with Gasteiger partial charge in [-0.1, -0.05) is 50.3 Å². The number of aliphatic hydroxyl groups is 1. The van der Waals surface area contributed by atoms with Gasteiger partial charge in [0.05, 0.1) is 11.5 Å². The summed E-state index contributed by atoms with van der Waals surface area (Å²) >= 11 is 0. The van der Waals surface area contributed by atoms with Gasteiger partial charge in [-0.2, -0.15) is 5.26 Å². The van der Waals surface area contributed by atoms with Crippen LogP contribution in [0.2, 0.25) is 0 Å². The molecule has 1 saturated carbocycles. The number of nitriles is 1. The van der Waals surface area contributed by atoms with Crippen LogP contribution in [0.3, 0.4) is 0 Å². The molecule has 3 heteroatoms. The van der Waals surface area contributed by atoms with E-state index < -0.39 is 11.5 Å². The number of hydrogen-bond acceptors (Lipinski definition) is 3. The number of aliphatic hydroxyl groups excluding tert-OH is 1. The molecule has 0 amide bonds. The van der Waals surface area contributed by atoms with Gasteiger partial charge in [0.25, 0.3) is 0 Å². The van der Waals surface area contributed by atoms with Crippen molar-refractivity contribution in [3.8, 4) is 6.07 Å². The first-order chi connectivity index (χ1) is 10.2. The summed E-state index contributed by atoms with van der Waals surface area (Å²) in [5.41, 5.74) is 0.0689. The Labute approximate surface area is 125 Å². The molecule has 0 bridgehead atoms. The predicted molar refractivity (Wildman–Crippen MR) is 81.5 cm³/mol. The van der Waals surface area contributed by atoms with Gasteiger partial charge in [0, 0.05) is 5.39 Å².